The van der Waals surface area contributed by atoms with Crippen molar-refractivity contribution in [3.8, 4) is 0 Å². The summed E-state index contributed by atoms with van der Waals surface area (Å²) in [5.41, 5.74) is 0.578. The standard InChI is InChI=1S/C21H29NO4/c1-25-21-8-7-17(26-14-13-23)15-18(21)22(12-11-21)19(24)20(9-10-20)16-5-3-2-4-6-16/h2-6,17-18,23H,7-15H2,1H3/t17-,18+,21-/m1/s1. The fraction of sp³-hybridized carbons (Fsp3) is 0.667. The highest BCUT2D eigenvalue weighted by molar-refractivity contribution is 5.92. The second-order valence-electron chi connectivity index (χ2n) is 7.97. The Morgan fingerprint density at radius 3 is 2.65 bits per heavy atom. The van der Waals surface area contributed by atoms with Crippen molar-refractivity contribution < 1.29 is 19.4 Å². The van der Waals surface area contributed by atoms with Crippen LogP contribution in [0.25, 0.3) is 0 Å². The van der Waals surface area contributed by atoms with Gasteiger partial charge in [-0.05, 0) is 44.1 Å². The predicted molar refractivity (Wildman–Crippen MR) is 97.9 cm³/mol. The minimum absolute atomic E-state index is 0.0380. The van der Waals surface area contributed by atoms with Crippen LogP contribution in [-0.2, 0) is 19.7 Å². The molecule has 0 unspecified atom stereocenters. The van der Waals surface area contributed by atoms with Gasteiger partial charge in [-0.3, -0.25) is 4.79 Å². The monoisotopic (exact) mass is 359 g/mol. The second kappa shape index (κ2) is 6.95. The molecule has 5 heteroatoms. The Bertz CT molecular complexity index is 645. The lowest BCUT2D eigenvalue weighted by molar-refractivity contribution is -0.144. The lowest BCUT2D eigenvalue weighted by Gasteiger charge is -2.44. The van der Waals surface area contributed by atoms with E-state index in [4.69, 9.17) is 14.6 Å². The van der Waals surface area contributed by atoms with Crippen molar-refractivity contribution in [2.45, 2.75) is 61.7 Å². The van der Waals surface area contributed by atoms with Crippen LogP contribution in [0.5, 0.6) is 0 Å². The van der Waals surface area contributed by atoms with Crippen molar-refractivity contribution in [3.63, 3.8) is 0 Å². The Balaban J connectivity index is 1.55. The zero-order valence-electron chi connectivity index (χ0n) is 15.5. The maximum Gasteiger partial charge on any atom is 0.233 e. The van der Waals surface area contributed by atoms with E-state index < -0.39 is 0 Å². The zero-order chi connectivity index (χ0) is 18.2. The summed E-state index contributed by atoms with van der Waals surface area (Å²) in [5.74, 6) is 0.260. The Morgan fingerprint density at radius 2 is 2.00 bits per heavy atom. The van der Waals surface area contributed by atoms with Crippen LogP contribution in [0.15, 0.2) is 30.3 Å². The summed E-state index contributed by atoms with van der Waals surface area (Å²) in [5, 5.41) is 9.05. The van der Waals surface area contributed by atoms with Crippen LogP contribution in [0.4, 0.5) is 0 Å². The molecule has 5 nitrogen and oxygen atoms in total. The fourth-order valence-corrected chi connectivity index (χ4v) is 5.06. The molecule has 26 heavy (non-hydrogen) atoms. The maximum atomic E-state index is 13.6. The number of nitrogens with zero attached hydrogens (tertiary/aromatic N) is 1. The van der Waals surface area contributed by atoms with Gasteiger partial charge in [0.2, 0.25) is 5.91 Å². The average molecular weight is 359 g/mol. The molecule has 1 heterocycles. The normalized spacial score (nSPS) is 32.3. The number of carbonyl (C=O) groups is 1. The molecule has 3 aliphatic rings. The molecule has 142 valence electrons. The number of benzene rings is 1. The van der Waals surface area contributed by atoms with E-state index in [2.05, 4.69) is 17.0 Å². The van der Waals surface area contributed by atoms with Crippen LogP contribution >= 0.6 is 0 Å². The van der Waals surface area contributed by atoms with E-state index in [0.717, 1.165) is 50.6 Å². The highest BCUT2D eigenvalue weighted by Crippen LogP contribution is 2.52. The lowest BCUT2D eigenvalue weighted by Crippen LogP contribution is -2.54. The summed E-state index contributed by atoms with van der Waals surface area (Å²) in [7, 11) is 1.78. The minimum atomic E-state index is -0.329. The van der Waals surface area contributed by atoms with E-state index in [-0.39, 0.29) is 35.7 Å². The Hall–Kier alpha value is -1.43. The van der Waals surface area contributed by atoms with E-state index in [1.807, 2.05) is 18.2 Å². The molecule has 2 saturated carbocycles. The molecule has 0 aromatic heterocycles. The van der Waals surface area contributed by atoms with Crippen molar-refractivity contribution in [3.05, 3.63) is 35.9 Å². The van der Waals surface area contributed by atoms with Gasteiger partial charge in [-0.1, -0.05) is 30.3 Å². The molecule has 3 atom stereocenters. The molecule has 1 aliphatic heterocycles. The quantitative estimate of drug-likeness (QED) is 0.846. The van der Waals surface area contributed by atoms with Gasteiger partial charge in [-0.25, -0.2) is 0 Å². The molecule has 0 radical (unpaired) electrons. The Labute approximate surface area is 155 Å². The van der Waals surface area contributed by atoms with Gasteiger partial charge in [0, 0.05) is 13.7 Å². The number of likely N-dealkylation sites (tertiary alicyclic amines) is 1. The molecule has 1 aromatic carbocycles. The van der Waals surface area contributed by atoms with Crippen LogP contribution < -0.4 is 0 Å². The summed E-state index contributed by atoms with van der Waals surface area (Å²) in [6.45, 7) is 1.16. The number of rotatable bonds is 6. The first-order valence-electron chi connectivity index (χ1n) is 9.79. The number of ether oxygens (including phenoxy) is 2. The van der Waals surface area contributed by atoms with Crippen molar-refractivity contribution in [2.24, 2.45) is 0 Å². The Kier molecular flexibility index (Phi) is 4.80. The number of fused-ring (bicyclic) bond motifs is 1. The van der Waals surface area contributed by atoms with Crippen LogP contribution in [0.2, 0.25) is 0 Å². The van der Waals surface area contributed by atoms with Crippen molar-refractivity contribution in [1.82, 2.24) is 4.90 Å². The first-order chi connectivity index (χ1) is 12.6. The molecule has 0 spiro atoms. The number of carbonyl (C=O) groups excluding carboxylic acids is 1. The maximum absolute atomic E-state index is 13.6. The Morgan fingerprint density at radius 1 is 1.23 bits per heavy atom. The van der Waals surface area contributed by atoms with E-state index in [9.17, 15) is 4.79 Å². The summed E-state index contributed by atoms with van der Waals surface area (Å²) in [6.07, 6.45) is 5.49. The first kappa shape index (κ1) is 18.0. The van der Waals surface area contributed by atoms with Gasteiger partial charge in [0.1, 0.15) is 0 Å². The van der Waals surface area contributed by atoms with Gasteiger partial charge >= 0.3 is 0 Å². The minimum Gasteiger partial charge on any atom is -0.394 e. The third-order valence-corrected chi connectivity index (χ3v) is 6.73. The molecule has 0 bridgehead atoms. The first-order valence-corrected chi connectivity index (χ1v) is 9.79. The van der Waals surface area contributed by atoms with Crippen molar-refractivity contribution >= 4 is 5.91 Å². The number of aliphatic hydroxyl groups is 1. The molecular formula is C21H29NO4. The zero-order valence-corrected chi connectivity index (χ0v) is 15.5. The molecule has 1 saturated heterocycles. The van der Waals surface area contributed by atoms with Gasteiger partial charge in [0.05, 0.1) is 36.4 Å². The van der Waals surface area contributed by atoms with Crippen LogP contribution in [0.1, 0.15) is 44.1 Å². The summed E-state index contributed by atoms with van der Waals surface area (Å²) < 4.78 is 11.8. The SMILES string of the molecule is CO[C@@]12CC[C@@H](OCCO)C[C@@H]1N(C(=O)C1(c3ccccc3)CC1)CC2. The topological polar surface area (TPSA) is 59.0 Å². The van der Waals surface area contributed by atoms with E-state index >= 15 is 0 Å². The number of amides is 1. The molecule has 4 rings (SSSR count). The highest BCUT2D eigenvalue weighted by Gasteiger charge is 2.59. The van der Waals surface area contributed by atoms with Crippen LogP contribution in [0, 0.1) is 0 Å². The van der Waals surface area contributed by atoms with E-state index in [0.29, 0.717) is 6.61 Å². The van der Waals surface area contributed by atoms with Crippen LogP contribution in [0.3, 0.4) is 0 Å². The smallest absolute Gasteiger partial charge is 0.233 e. The van der Waals surface area contributed by atoms with Gasteiger partial charge in [0.25, 0.3) is 0 Å². The summed E-state index contributed by atoms with van der Waals surface area (Å²) >= 11 is 0. The number of methoxy groups -OCH3 is 1. The molecule has 1 amide bonds. The van der Waals surface area contributed by atoms with Gasteiger partial charge < -0.3 is 19.5 Å². The van der Waals surface area contributed by atoms with Gasteiger partial charge in [-0.15, -0.1) is 0 Å². The number of aliphatic hydroxyl groups excluding tert-OH is 1. The van der Waals surface area contributed by atoms with Crippen molar-refractivity contribution in [2.75, 3.05) is 26.9 Å². The third kappa shape index (κ3) is 2.86. The van der Waals surface area contributed by atoms with Gasteiger partial charge in [0.15, 0.2) is 0 Å². The summed E-state index contributed by atoms with van der Waals surface area (Å²) in [6, 6.07) is 10.3. The fourth-order valence-electron chi connectivity index (χ4n) is 5.06. The average Bonchev–Trinajstić information content (AvgIpc) is 3.42. The van der Waals surface area contributed by atoms with E-state index in [1.165, 1.54) is 0 Å². The van der Waals surface area contributed by atoms with Gasteiger partial charge in [-0.2, -0.15) is 0 Å². The second-order valence-corrected chi connectivity index (χ2v) is 7.97. The molecule has 2 aliphatic carbocycles. The third-order valence-electron chi connectivity index (χ3n) is 6.73. The number of hydrogen-bond acceptors (Lipinski definition) is 4. The highest BCUT2D eigenvalue weighted by atomic mass is 16.5. The van der Waals surface area contributed by atoms with Crippen LogP contribution in [-0.4, -0.2) is 60.5 Å². The molecular weight excluding hydrogens is 330 g/mol. The lowest BCUT2D eigenvalue weighted by atomic mass is 9.78. The summed E-state index contributed by atoms with van der Waals surface area (Å²) in [4.78, 5) is 15.6. The number of hydrogen-bond donors (Lipinski definition) is 1. The van der Waals surface area contributed by atoms with E-state index in [1.54, 1.807) is 7.11 Å². The largest absolute Gasteiger partial charge is 0.394 e. The van der Waals surface area contributed by atoms with Crippen molar-refractivity contribution in [1.29, 1.82) is 0 Å². The molecule has 3 fully saturated rings. The predicted octanol–water partition coefficient (Wildman–Crippen LogP) is 2.27. The molecule has 1 N–H and O–H groups in total. The molecule has 1 aromatic rings.